The van der Waals surface area contributed by atoms with Crippen LogP contribution in [0.3, 0.4) is 0 Å². The van der Waals surface area contributed by atoms with Crippen LogP contribution >= 0.6 is 317 Å². The van der Waals surface area contributed by atoms with Crippen LogP contribution in [0.1, 0.15) is 2.85 Å². The summed E-state index contributed by atoms with van der Waals surface area (Å²) in [6, 6.07) is 0. The molecule has 0 aromatic heterocycles. The molecule has 0 aliphatic heterocycles. The normalized spacial score (nSPS) is 0. The van der Waals surface area contributed by atoms with E-state index in [9.17, 15) is 0 Å². The number of rotatable bonds is 0. The van der Waals surface area contributed by atoms with Crippen LogP contribution in [0.5, 0.6) is 0 Å². The molecule has 0 rings (SSSR count). The molecule has 0 nitrogen and oxygen atoms in total. The van der Waals surface area contributed by atoms with Crippen LogP contribution in [0.4, 0.5) is 0 Å². The van der Waals surface area contributed by atoms with E-state index in [0.717, 1.165) is 0 Å². The van der Waals surface area contributed by atoms with Crippen LogP contribution < -0.4 is 59.1 Å². The quantitative estimate of drug-likeness (QED) is 0.172. The standard InChI is InChI=1S/2Na.32H3P.2H/h;;32*1H3;;/q2*+1;;;;;;;;;;;;;;;;;;;;;;;;;;;;;;;;;2*-1. The summed E-state index contributed by atoms with van der Waals surface area (Å²) in [5, 5.41) is 0. The Morgan fingerprint density at radius 3 is 0.0882 bits per heavy atom. The Morgan fingerprint density at radius 1 is 0.0882 bits per heavy atom. The Morgan fingerprint density at radius 2 is 0.0882 bits per heavy atom. The van der Waals surface area contributed by atoms with Crippen molar-refractivity contribution in [3.63, 3.8) is 0 Å². The van der Waals surface area contributed by atoms with Gasteiger partial charge in [0.25, 0.3) is 0 Å². The summed E-state index contributed by atoms with van der Waals surface area (Å²) < 4.78 is 0. The topological polar surface area (TPSA) is 0 Å². The molecule has 0 amide bonds. The van der Waals surface area contributed by atoms with Gasteiger partial charge in [-0.1, -0.05) is 0 Å². The second kappa shape index (κ2) is 448. The zero-order chi connectivity index (χ0) is 0. The van der Waals surface area contributed by atoms with Crippen molar-refractivity contribution in [2.75, 3.05) is 0 Å². The Kier molecular flexibility index (Phi) is 6270. The second-order valence-electron chi connectivity index (χ2n) is 0. The van der Waals surface area contributed by atoms with Crippen molar-refractivity contribution >= 4 is 317 Å². The average molecular weight is 1140 g/mol. The minimum absolute atomic E-state index is 0. The number of hydrogen-bond acceptors (Lipinski definition) is 0. The van der Waals surface area contributed by atoms with E-state index in [1.54, 1.807) is 0 Å². The van der Waals surface area contributed by atoms with E-state index in [0.29, 0.717) is 0 Å². The van der Waals surface area contributed by atoms with Crippen LogP contribution in [-0.2, 0) is 0 Å². The molecule has 0 aromatic rings. The molecule has 0 N–H and O–H groups in total. The molecular formula is H98Na2P32. The van der Waals surface area contributed by atoms with E-state index < -0.39 is 0 Å². The van der Waals surface area contributed by atoms with Gasteiger partial charge in [-0.15, -0.1) is 0 Å². The Hall–Kier alpha value is 15.8. The van der Waals surface area contributed by atoms with Crippen molar-refractivity contribution in [2.24, 2.45) is 0 Å². The molecule has 0 radical (unpaired) electrons. The largest absolute Gasteiger partial charge is 1.00 e. The van der Waals surface area contributed by atoms with Crippen LogP contribution in [0.15, 0.2) is 0 Å². The third kappa shape index (κ3) is 420. The first kappa shape index (κ1) is 476. The molecule has 34 heavy (non-hydrogen) atoms. The van der Waals surface area contributed by atoms with Gasteiger partial charge < -0.3 is 2.85 Å². The van der Waals surface area contributed by atoms with Gasteiger partial charge in [-0.2, -0.15) is 317 Å². The Bertz CT molecular complexity index is 22.1. The molecule has 260 valence electrons. The van der Waals surface area contributed by atoms with Gasteiger partial charge in [0, 0.05) is 0 Å². The molecular weight excluding hydrogens is 1040 g/mol. The van der Waals surface area contributed by atoms with E-state index in [2.05, 4.69) is 0 Å². The predicted octanol–water partition coefficient (Wildman–Crippen LogP) is -3.91. The number of hydrogen-bond donors (Lipinski definition) is 0. The molecule has 32 atom stereocenters. The summed E-state index contributed by atoms with van der Waals surface area (Å²) >= 11 is 0. The predicted molar refractivity (Wildman–Crippen MR) is 358 cm³/mol. The first-order valence-electron chi connectivity index (χ1n) is 0. The maximum Gasteiger partial charge on any atom is 1.00 e. The average Bonchev–Trinajstić information content (AvgIpc) is 0. The SMILES string of the molecule is P.P.P.P.P.P.P.P.P.P.P.P.P.P.P.P.P.P.P.P.P.P.P.P.P.P.P.P.P.P.P.P.[H-].[H-].[Na+].[Na+]. The molecule has 0 heterocycles. The fraction of sp³-hybridized carbons (Fsp3) is 0. The molecule has 0 aliphatic rings. The molecule has 0 saturated heterocycles. The summed E-state index contributed by atoms with van der Waals surface area (Å²) in [6.45, 7) is 0. The van der Waals surface area contributed by atoms with Gasteiger partial charge in [-0.05, 0) is 0 Å². The zero-order valence-electron chi connectivity index (χ0n) is 26.6. The first-order valence-corrected chi connectivity index (χ1v) is 0. The summed E-state index contributed by atoms with van der Waals surface area (Å²) in [4.78, 5) is 0. The van der Waals surface area contributed by atoms with Crippen molar-refractivity contribution in [3.05, 3.63) is 0 Å². The molecule has 32 unspecified atom stereocenters. The smallest absolute Gasteiger partial charge is 1.00 e. The summed E-state index contributed by atoms with van der Waals surface area (Å²) in [5.74, 6) is 0. The maximum absolute atomic E-state index is 0. The van der Waals surface area contributed by atoms with Crippen molar-refractivity contribution < 1.29 is 62.0 Å². The fourth-order valence-corrected chi connectivity index (χ4v) is 0. The van der Waals surface area contributed by atoms with Gasteiger partial charge in [0.05, 0.1) is 0 Å². The van der Waals surface area contributed by atoms with Crippen molar-refractivity contribution in [1.29, 1.82) is 0 Å². The molecule has 0 saturated carbocycles. The summed E-state index contributed by atoms with van der Waals surface area (Å²) in [5.41, 5.74) is 0. The zero-order valence-corrected chi connectivity index (χ0v) is 73.9. The van der Waals surface area contributed by atoms with Crippen molar-refractivity contribution in [1.82, 2.24) is 0 Å². The van der Waals surface area contributed by atoms with Crippen LogP contribution in [0.2, 0.25) is 0 Å². The van der Waals surface area contributed by atoms with E-state index in [1.165, 1.54) is 0 Å². The molecule has 0 spiro atoms. The fourth-order valence-electron chi connectivity index (χ4n) is 0. The van der Waals surface area contributed by atoms with Gasteiger partial charge in [0.15, 0.2) is 0 Å². The minimum atomic E-state index is 0. The van der Waals surface area contributed by atoms with Gasteiger partial charge >= 0.3 is 59.1 Å². The van der Waals surface area contributed by atoms with Crippen molar-refractivity contribution in [2.45, 2.75) is 0 Å². The molecule has 34 heteroatoms. The molecule has 0 aliphatic carbocycles. The van der Waals surface area contributed by atoms with Gasteiger partial charge in [0.1, 0.15) is 0 Å². The monoisotopic (exact) mass is 1140 g/mol. The third-order valence-corrected chi connectivity index (χ3v) is 0. The third-order valence-electron chi connectivity index (χ3n) is 0. The first-order chi connectivity index (χ1) is 0. The maximum atomic E-state index is 0. The van der Waals surface area contributed by atoms with E-state index in [-0.39, 0.29) is 379 Å². The van der Waals surface area contributed by atoms with Gasteiger partial charge in [-0.25, -0.2) is 0 Å². The van der Waals surface area contributed by atoms with Crippen LogP contribution in [0.25, 0.3) is 0 Å². The van der Waals surface area contributed by atoms with Crippen LogP contribution in [-0.4, -0.2) is 0 Å². The van der Waals surface area contributed by atoms with Gasteiger partial charge in [0.2, 0.25) is 0 Å². The Labute approximate surface area is 373 Å². The second-order valence-corrected chi connectivity index (χ2v) is 0. The Balaban J connectivity index is 0. The van der Waals surface area contributed by atoms with Crippen molar-refractivity contribution in [3.8, 4) is 0 Å². The van der Waals surface area contributed by atoms with Crippen LogP contribution in [0, 0.1) is 0 Å². The summed E-state index contributed by atoms with van der Waals surface area (Å²) in [7, 11) is 0. The van der Waals surface area contributed by atoms with E-state index in [1.807, 2.05) is 0 Å². The molecule has 0 fully saturated rings. The summed E-state index contributed by atoms with van der Waals surface area (Å²) in [6.07, 6.45) is 0. The van der Waals surface area contributed by atoms with E-state index >= 15 is 0 Å². The molecule has 0 bridgehead atoms. The minimum Gasteiger partial charge on any atom is -1.00 e. The molecule has 0 aromatic carbocycles. The van der Waals surface area contributed by atoms with Gasteiger partial charge in [-0.3, -0.25) is 0 Å². The van der Waals surface area contributed by atoms with E-state index in [4.69, 9.17) is 0 Å².